The van der Waals surface area contributed by atoms with E-state index in [0.717, 1.165) is 16.8 Å². The van der Waals surface area contributed by atoms with Crippen molar-refractivity contribution in [1.82, 2.24) is 9.97 Å². The van der Waals surface area contributed by atoms with Crippen molar-refractivity contribution in [2.75, 3.05) is 4.90 Å². The van der Waals surface area contributed by atoms with Gasteiger partial charge in [0.15, 0.2) is 5.16 Å². The third-order valence-electron chi connectivity index (χ3n) is 5.83. The van der Waals surface area contributed by atoms with Gasteiger partial charge in [0.2, 0.25) is 0 Å². The Kier molecular flexibility index (Phi) is 7.09. The summed E-state index contributed by atoms with van der Waals surface area (Å²) in [7, 11) is -4.30. The van der Waals surface area contributed by atoms with Crippen LogP contribution in [0.5, 0.6) is 0 Å². The van der Waals surface area contributed by atoms with Crippen LogP contribution >= 0.6 is 11.8 Å². The second-order valence-corrected chi connectivity index (χ2v) is 10.7. The van der Waals surface area contributed by atoms with Gasteiger partial charge in [-0.25, -0.2) is 4.98 Å². The Balaban J connectivity index is 1.44. The van der Waals surface area contributed by atoms with E-state index in [1.165, 1.54) is 23.9 Å². The first-order chi connectivity index (χ1) is 17.9. The molecule has 0 aliphatic rings. The molecule has 0 unspecified atom stereocenters. The number of amides is 1. The smallest absolute Gasteiger partial charge is 0.294 e. The van der Waals surface area contributed by atoms with Crippen molar-refractivity contribution in [3.63, 3.8) is 0 Å². The molecule has 1 amide bonds. The Bertz CT molecular complexity index is 1650. The molecular weight excluding hydrogens is 506 g/mol. The van der Waals surface area contributed by atoms with Gasteiger partial charge >= 0.3 is 0 Å². The molecule has 0 saturated heterocycles. The van der Waals surface area contributed by atoms with Crippen LogP contribution < -0.4 is 4.90 Å². The lowest BCUT2D eigenvalue weighted by molar-refractivity contribution is 0.0985. The largest absolute Gasteiger partial charge is 0.333 e. The predicted octanol–water partition coefficient (Wildman–Crippen LogP) is 5.95. The number of thioether (sulfide) groups is 1. The minimum atomic E-state index is -4.30. The Morgan fingerprint density at radius 1 is 0.892 bits per heavy atom. The zero-order valence-electron chi connectivity index (χ0n) is 19.6. The molecular formula is C28H23N3O4S2. The average Bonchev–Trinajstić information content (AvgIpc) is 3.33. The van der Waals surface area contributed by atoms with Crippen molar-refractivity contribution in [3.05, 3.63) is 120 Å². The van der Waals surface area contributed by atoms with Crippen LogP contribution in [-0.4, -0.2) is 28.8 Å². The third kappa shape index (κ3) is 5.75. The number of rotatable bonds is 8. The molecule has 0 radical (unpaired) electrons. The fourth-order valence-electron chi connectivity index (χ4n) is 4.01. The SMILES string of the molecule is O=C(c1ccccc1)N(Cc1ccccc1)c1ccccc1CSc1nc2ccc(S(=O)(=O)O)cc2[nH]1. The molecule has 0 saturated carbocycles. The first-order valence-corrected chi connectivity index (χ1v) is 13.9. The van der Waals surface area contributed by atoms with E-state index >= 15 is 0 Å². The summed E-state index contributed by atoms with van der Waals surface area (Å²) in [4.78, 5) is 22.9. The maximum absolute atomic E-state index is 13.6. The number of hydrogen-bond acceptors (Lipinski definition) is 5. The molecule has 0 aliphatic heterocycles. The van der Waals surface area contributed by atoms with Gasteiger partial charge in [0.05, 0.1) is 22.5 Å². The highest BCUT2D eigenvalue weighted by Crippen LogP contribution is 2.31. The number of H-pyrrole nitrogens is 1. The van der Waals surface area contributed by atoms with Crippen molar-refractivity contribution in [2.45, 2.75) is 22.3 Å². The van der Waals surface area contributed by atoms with Crippen molar-refractivity contribution in [3.8, 4) is 0 Å². The molecule has 9 heteroatoms. The summed E-state index contributed by atoms with van der Waals surface area (Å²) in [6.07, 6.45) is 0. The van der Waals surface area contributed by atoms with Crippen LogP contribution in [0.3, 0.4) is 0 Å². The van der Waals surface area contributed by atoms with Gasteiger partial charge in [-0.2, -0.15) is 8.42 Å². The number of carbonyl (C=O) groups is 1. The van der Waals surface area contributed by atoms with E-state index in [2.05, 4.69) is 9.97 Å². The zero-order valence-corrected chi connectivity index (χ0v) is 21.2. The highest BCUT2D eigenvalue weighted by atomic mass is 32.2. The molecule has 4 aromatic carbocycles. The molecule has 1 heterocycles. The minimum Gasteiger partial charge on any atom is -0.333 e. The predicted molar refractivity (Wildman–Crippen MR) is 145 cm³/mol. The van der Waals surface area contributed by atoms with E-state index in [4.69, 9.17) is 0 Å². The molecule has 0 spiro atoms. The lowest BCUT2D eigenvalue weighted by Gasteiger charge is -2.25. The van der Waals surface area contributed by atoms with Crippen molar-refractivity contribution in [1.29, 1.82) is 0 Å². The number of nitrogens with one attached hydrogen (secondary N) is 1. The van der Waals surface area contributed by atoms with Crippen LogP contribution in [0, 0.1) is 0 Å². The summed E-state index contributed by atoms with van der Waals surface area (Å²) in [5.74, 6) is 0.428. The third-order valence-corrected chi connectivity index (χ3v) is 7.60. The van der Waals surface area contributed by atoms with Crippen LogP contribution in [0.2, 0.25) is 0 Å². The van der Waals surface area contributed by atoms with Crippen molar-refractivity contribution >= 4 is 44.5 Å². The van der Waals surface area contributed by atoms with Gasteiger partial charge in [-0.3, -0.25) is 9.35 Å². The van der Waals surface area contributed by atoms with E-state index in [1.807, 2.05) is 84.9 Å². The summed E-state index contributed by atoms with van der Waals surface area (Å²) in [6, 6.07) is 31.1. The summed E-state index contributed by atoms with van der Waals surface area (Å²) in [5, 5.41) is 0.598. The lowest BCUT2D eigenvalue weighted by atomic mass is 10.1. The average molecular weight is 530 g/mol. The van der Waals surface area contributed by atoms with Crippen molar-refractivity contribution < 1.29 is 17.8 Å². The maximum atomic E-state index is 13.6. The van der Waals surface area contributed by atoms with E-state index in [9.17, 15) is 17.8 Å². The van der Waals surface area contributed by atoms with Gasteiger partial charge in [-0.05, 0) is 47.5 Å². The minimum absolute atomic E-state index is 0.0941. The van der Waals surface area contributed by atoms with Gasteiger partial charge in [0.25, 0.3) is 16.0 Å². The Labute approximate surface area is 218 Å². The summed E-state index contributed by atoms with van der Waals surface area (Å²) in [6.45, 7) is 0.416. The number of carbonyl (C=O) groups excluding carboxylic acids is 1. The number of para-hydroxylation sites is 1. The zero-order chi connectivity index (χ0) is 25.8. The van der Waals surface area contributed by atoms with Crippen LogP contribution in [-0.2, 0) is 22.4 Å². The van der Waals surface area contributed by atoms with Gasteiger partial charge < -0.3 is 9.88 Å². The molecule has 2 N–H and O–H groups in total. The van der Waals surface area contributed by atoms with Gasteiger partial charge in [0.1, 0.15) is 0 Å². The van der Waals surface area contributed by atoms with E-state index in [1.54, 1.807) is 11.0 Å². The van der Waals surface area contributed by atoms with Gasteiger partial charge in [0, 0.05) is 17.0 Å². The molecule has 0 fully saturated rings. The molecule has 5 rings (SSSR count). The molecule has 0 atom stereocenters. The summed E-state index contributed by atoms with van der Waals surface area (Å²) < 4.78 is 32.3. The maximum Gasteiger partial charge on any atom is 0.294 e. The number of aromatic nitrogens is 2. The van der Waals surface area contributed by atoms with Crippen molar-refractivity contribution in [2.24, 2.45) is 0 Å². The molecule has 0 aliphatic carbocycles. The van der Waals surface area contributed by atoms with Gasteiger partial charge in [-0.1, -0.05) is 78.5 Å². The highest BCUT2D eigenvalue weighted by Gasteiger charge is 2.21. The van der Waals surface area contributed by atoms with E-state index in [0.29, 0.717) is 34.1 Å². The van der Waals surface area contributed by atoms with Gasteiger partial charge in [-0.15, -0.1) is 0 Å². The van der Waals surface area contributed by atoms with Crippen LogP contribution in [0.25, 0.3) is 11.0 Å². The van der Waals surface area contributed by atoms with Crippen LogP contribution in [0.4, 0.5) is 5.69 Å². The number of fused-ring (bicyclic) bond motifs is 1. The molecule has 5 aromatic rings. The Hall–Kier alpha value is -3.92. The fourth-order valence-corrected chi connectivity index (χ4v) is 5.39. The Morgan fingerprint density at radius 3 is 2.30 bits per heavy atom. The topological polar surface area (TPSA) is 103 Å². The number of anilines is 1. The summed E-state index contributed by atoms with van der Waals surface area (Å²) in [5.41, 5.74) is 4.47. The van der Waals surface area contributed by atoms with E-state index in [-0.39, 0.29) is 10.8 Å². The summed E-state index contributed by atoms with van der Waals surface area (Å²) >= 11 is 1.44. The molecule has 7 nitrogen and oxygen atoms in total. The molecule has 186 valence electrons. The normalized spacial score (nSPS) is 11.5. The molecule has 1 aromatic heterocycles. The second kappa shape index (κ2) is 10.6. The van der Waals surface area contributed by atoms with Crippen LogP contribution in [0.1, 0.15) is 21.5 Å². The quantitative estimate of drug-likeness (QED) is 0.190. The lowest BCUT2D eigenvalue weighted by Crippen LogP contribution is -2.31. The first kappa shape index (κ1) is 24.8. The standard InChI is InChI=1S/C28H23N3O4S2/c32-27(21-11-5-2-6-12-21)31(18-20-9-3-1-4-10-20)26-14-8-7-13-22(26)19-36-28-29-24-16-15-23(37(33,34)35)17-25(24)30-28/h1-17H,18-19H2,(H,29,30)(H,33,34,35). The molecule has 37 heavy (non-hydrogen) atoms. The number of benzene rings is 4. The Morgan fingerprint density at radius 2 is 1.57 bits per heavy atom. The molecule has 0 bridgehead atoms. The first-order valence-electron chi connectivity index (χ1n) is 11.5. The van der Waals surface area contributed by atoms with Crippen LogP contribution in [0.15, 0.2) is 113 Å². The fraction of sp³-hybridized carbons (Fsp3) is 0.0714. The number of hydrogen-bond donors (Lipinski definition) is 2. The number of aromatic amines is 1. The monoisotopic (exact) mass is 529 g/mol. The highest BCUT2D eigenvalue weighted by molar-refractivity contribution is 7.98. The second-order valence-electron chi connectivity index (χ2n) is 8.36. The van der Waals surface area contributed by atoms with E-state index < -0.39 is 10.1 Å². The number of nitrogens with zero attached hydrogens (tertiary/aromatic N) is 2. The number of imidazole rings is 1.